The van der Waals surface area contributed by atoms with E-state index < -0.39 is 0 Å². The molecule has 0 saturated heterocycles. The maximum absolute atomic E-state index is 12.3. The van der Waals surface area contributed by atoms with Gasteiger partial charge >= 0.3 is 0 Å². The van der Waals surface area contributed by atoms with Gasteiger partial charge in [-0.25, -0.2) is 4.98 Å². The lowest BCUT2D eigenvalue weighted by atomic mass is 9.64. The molecule has 3 aromatic rings. The predicted molar refractivity (Wildman–Crippen MR) is 99.5 cm³/mol. The maximum atomic E-state index is 12.3. The summed E-state index contributed by atoms with van der Waals surface area (Å²) >= 11 is 5.13. The van der Waals surface area contributed by atoms with E-state index in [-0.39, 0.29) is 11.3 Å². The molecule has 1 saturated carbocycles. The normalized spacial score (nSPS) is 16.0. The summed E-state index contributed by atoms with van der Waals surface area (Å²) in [7, 11) is 0. The van der Waals surface area contributed by atoms with E-state index in [0.717, 1.165) is 28.0 Å². The van der Waals surface area contributed by atoms with Crippen molar-refractivity contribution in [2.75, 3.05) is 6.54 Å². The van der Waals surface area contributed by atoms with Crippen molar-refractivity contribution in [2.24, 2.45) is 0 Å². The second-order valence-corrected chi connectivity index (χ2v) is 8.21. The SMILES string of the molecule is O=C(Cc1cn2ccsc2n1)NCC1(c2cccc(Br)c2)CCC1. The smallest absolute Gasteiger partial charge is 0.226 e. The average molecular weight is 404 g/mol. The van der Waals surface area contributed by atoms with Crippen LogP contribution in [0.3, 0.4) is 0 Å². The molecule has 0 spiro atoms. The standard InChI is InChI=1S/C18H18BrN3OS/c19-14-4-1-3-13(9-14)18(5-2-6-18)12-20-16(23)10-15-11-22-7-8-24-17(22)21-15/h1,3-4,7-9,11H,2,5-6,10,12H2,(H,20,23). The number of amides is 1. The van der Waals surface area contributed by atoms with Crippen LogP contribution in [0.4, 0.5) is 0 Å². The molecule has 2 heterocycles. The van der Waals surface area contributed by atoms with Crippen LogP contribution in [0.25, 0.3) is 4.96 Å². The minimum Gasteiger partial charge on any atom is -0.355 e. The number of thiazole rings is 1. The Balaban J connectivity index is 1.41. The van der Waals surface area contributed by atoms with E-state index in [2.05, 4.69) is 44.4 Å². The van der Waals surface area contributed by atoms with E-state index in [1.807, 2.05) is 28.2 Å². The third-order valence-electron chi connectivity index (χ3n) is 4.86. The van der Waals surface area contributed by atoms with E-state index in [4.69, 9.17) is 0 Å². The van der Waals surface area contributed by atoms with Gasteiger partial charge in [-0.15, -0.1) is 11.3 Å². The van der Waals surface area contributed by atoms with E-state index in [1.54, 1.807) is 11.3 Å². The van der Waals surface area contributed by atoms with Crippen LogP contribution in [0.5, 0.6) is 0 Å². The van der Waals surface area contributed by atoms with Crippen molar-refractivity contribution >= 4 is 38.1 Å². The van der Waals surface area contributed by atoms with Gasteiger partial charge in [0.05, 0.1) is 12.1 Å². The molecule has 1 aromatic carbocycles. The molecule has 0 atom stereocenters. The molecule has 1 aliphatic carbocycles. The summed E-state index contributed by atoms with van der Waals surface area (Å²) in [6.07, 6.45) is 7.71. The molecule has 24 heavy (non-hydrogen) atoms. The second-order valence-electron chi connectivity index (χ2n) is 6.42. The number of imidazole rings is 1. The monoisotopic (exact) mass is 403 g/mol. The molecule has 0 bridgehead atoms. The van der Waals surface area contributed by atoms with Crippen LogP contribution in [-0.2, 0) is 16.6 Å². The number of carbonyl (C=O) groups excluding carboxylic acids is 1. The lowest BCUT2D eigenvalue weighted by molar-refractivity contribution is -0.120. The molecule has 1 aliphatic rings. The second kappa shape index (κ2) is 6.33. The Morgan fingerprint density at radius 2 is 2.29 bits per heavy atom. The summed E-state index contributed by atoms with van der Waals surface area (Å²) in [5.41, 5.74) is 2.23. The highest BCUT2D eigenvalue weighted by atomic mass is 79.9. The van der Waals surface area contributed by atoms with Crippen LogP contribution in [0.15, 0.2) is 46.5 Å². The number of carbonyl (C=O) groups is 1. The number of halogens is 1. The molecule has 0 aliphatic heterocycles. The first-order chi connectivity index (χ1) is 11.6. The van der Waals surface area contributed by atoms with Gasteiger partial charge in [-0.05, 0) is 30.5 Å². The maximum Gasteiger partial charge on any atom is 0.226 e. The van der Waals surface area contributed by atoms with Crippen molar-refractivity contribution in [1.29, 1.82) is 0 Å². The van der Waals surface area contributed by atoms with E-state index >= 15 is 0 Å². The lowest BCUT2D eigenvalue weighted by Gasteiger charge is -2.42. The van der Waals surface area contributed by atoms with Crippen molar-refractivity contribution in [3.8, 4) is 0 Å². The van der Waals surface area contributed by atoms with E-state index in [0.29, 0.717) is 13.0 Å². The van der Waals surface area contributed by atoms with Gasteiger partial charge in [-0.2, -0.15) is 0 Å². The van der Waals surface area contributed by atoms with Crippen LogP contribution in [0.1, 0.15) is 30.5 Å². The average Bonchev–Trinajstić information content (AvgIpc) is 3.07. The zero-order valence-electron chi connectivity index (χ0n) is 13.2. The topological polar surface area (TPSA) is 46.4 Å². The van der Waals surface area contributed by atoms with E-state index in [1.165, 1.54) is 12.0 Å². The largest absolute Gasteiger partial charge is 0.355 e. The molecule has 0 unspecified atom stereocenters. The Morgan fingerprint density at radius 1 is 1.42 bits per heavy atom. The number of hydrogen-bond acceptors (Lipinski definition) is 3. The Kier molecular flexibility index (Phi) is 4.18. The molecule has 4 rings (SSSR count). The third-order valence-corrected chi connectivity index (χ3v) is 6.12. The molecular formula is C18H18BrN3OS. The first kappa shape index (κ1) is 15.8. The Hall–Kier alpha value is -1.66. The summed E-state index contributed by atoms with van der Waals surface area (Å²) in [6.45, 7) is 0.699. The first-order valence-electron chi connectivity index (χ1n) is 8.08. The molecule has 1 N–H and O–H groups in total. The zero-order chi connectivity index (χ0) is 16.6. The summed E-state index contributed by atoms with van der Waals surface area (Å²) < 4.78 is 3.05. The fourth-order valence-corrected chi connectivity index (χ4v) is 4.46. The minimum absolute atomic E-state index is 0.0435. The fourth-order valence-electron chi connectivity index (χ4n) is 3.35. The van der Waals surface area contributed by atoms with Crippen molar-refractivity contribution in [3.63, 3.8) is 0 Å². The van der Waals surface area contributed by atoms with Crippen LogP contribution in [-0.4, -0.2) is 21.8 Å². The fraction of sp³-hybridized carbons (Fsp3) is 0.333. The van der Waals surface area contributed by atoms with Gasteiger partial charge in [0.15, 0.2) is 4.96 Å². The third kappa shape index (κ3) is 3.00. The van der Waals surface area contributed by atoms with E-state index in [9.17, 15) is 4.79 Å². The number of hydrogen-bond donors (Lipinski definition) is 1. The first-order valence-corrected chi connectivity index (χ1v) is 9.76. The number of benzene rings is 1. The molecule has 1 amide bonds. The Labute approximate surface area is 153 Å². The lowest BCUT2D eigenvalue weighted by Crippen LogP contribution is -2.46. The Morgan fingerprint density at radius 3 is 3.00 bits per heavy atom. The zero-order valence-corrected chi connectivity index (χ0v) is 15.6. The quantitative estimate of drug-likeness (QED) is 0.700. The number of aromatic nitrogens is 2. The highest BCUT2D eigenvalue weighted by Crippen LogP contribution is 2.43. The highest BCUT2D eigenvalue weighted by Gasteiger charge is 2.38. The molecule has 6 heteroatoms. The van der Waals surface area contributed by atoms with Gasteiger partial charge in [0.2, 0.25) is 5.91 Å². The summed E-state index contributed by atoms with van der Waals surface area (Å²) in [5.74, 6) is 0.0435. The molecule has 2 aromatic heterocycles. The van der Waals surface area contributed by atoms with Crippen molar-refractivity contribution in [1.82, 2.24) is 14.7 Å². The molecule has 1 fully saturated rings. The number of nitrogens with one attached hydrogen (secondary N) is 1. The molecule has 124 valence electrons. The van der Waals surface area contributed by atoms with Gasteiger partial charge in [-0.1, -0.05) is 34.5 Å². The van der Waals surface area contributed by atoms with Gasteiger partial charge in [0.25, 0.3) is 0 Å². The van der Waals surface area contributed by atoms with Crippen LogP contribution in [0, 0.1) is 0 Å². The van der Waals surface area contributed by atoms with Crippen LogP contribution in [0.2, 0.25) is 0 Å². The Bertz CT molecular complexity index is 853. The predicted octanol–water partition coefficient (Wildman–Crippen LogP) is 3.94. The van der Waals surface area contributed by atoms with Crippen molar-refractivity contribution in [2.45, 2.75) is 31.1 Å². The number of rotatable bonds is 5. The molecule has 0 radical (unpaired) electrons. The number of fused-ring (bicyclic) bond motifs is 1. The highest BCUT2D eigenvalue weighted by molar-refractivity contribution is 9.10. The molecular weight excluding hydrogens is 386 g/mol. The van der Waals surface area contributed by atoms with Gasteiger partial charge < -0.3 is 5.32 Å². The van der Waals surface area contributed by atoms with Crippen molar-refractivity contribution < 1.29 is 4.79 Å². The summed E-state index contributed by atoms with van der Waals surface area (Å²) in [5, 5.41) is 5.12. The molecule has 4 nitrogen and oxygen atoms in total. The number of nitrogens with zero attached hydrogens (tertiary/aromatic N) is 2. The van der Waals surface area contributed by atoms with Gasteiger partial charge in [-0.3, -0.25) is 9.20 Å². The van der Waals surface area contributed by atoms with Crippen molar-refractivity contribution in [3.05, 3.63) is 57.8 Å². The van der Waals surface area contributed by atoms with Gasteiger partial charge in [0, 0.05) is 34.2 Å². The van der Waals surface area contributed by atoms with Crippen LogP contribution < -0.4 is 5.32 Å². The van der Waals surface area contributed by atoms with Crippen LogP contribution >= 0.6 is 27.3 Å². The summed E-state index contributed by atoms with van der Waals surface area (Å²) in [6, 6.07) is 8.45. The minimum atomic E-state index is 0.0435. The van der Waals surface area contributed by atoms with Gasteiger partial charge in [0.1, 0.15) is 0 Å². The summed E-state index contributed by atoms with van der Waals surface area (Å²) in [4.78, 5) is 17.7.